The van der Waals surface area contributed by atoms with Crippen LogP contribution in [-0.2, 0) is 9.53 Å². The number of hydrogen-bond acceptors (Lipinski definition) is 2. The average Bonchev–Trinajstić information content (AvgIpc) is 2.27. The molecule has 0 aliphatic carbocycles. The van der Waals surface area contributed by atoms with Crippen LogP contribution in [0.5, 0.6) is 0 Å². The van der Waals surface area contributed by atoms with Crippen molar-refractivity contribution in [1.29, 1.82) is 0 Å². The Morgan fingerprint density at radius 2 is 1.94 bits per heavy atom. The molecule has 0 amide bonds. The Kier molecular flexibility index (Phi) is 8.12. The van der Waals surface area contributed by atoms with Gasteiger partial charge >= 0.3 is 5.97 Å². The van der Waals surface area contributed by atoms with Crippen LogP contribution in [0.25, 0.3) is 0 Å². The van der Waals surface area contributed by atoms with Crippen molar-refractivity contribution in [2.75, 3.05) is 7.11 Å². The molecule has 0 aliphatic heterocycles. The fourth-order valence-corrected chi connectivity index (χ4v) is 1.35. The summed E-state index contributed by atoms with van der Waals surface area (Å²) < 4.78 is 4.61. The number of esters is 1. The topological polar surface area (TPSA) is 26.3 Å². The number of carbonyl (C=O) groups is 1. The van der Waals surface area contributed by atoms with Crippen LogP contribution in [-0.4, -0.2) is 13.1 Å². The van der Waals surface area contributed by atoms with Gasteiger partial charge in [-0.2, -0.15) is 0 Å². The molecule has 0 aromatic heterocycles. The Morgan fingerprint density at radius 3 is 2.47 bits per heavy atom. The molecule has 0 aromatic carbocycles. The van der Waals surface area contributed by atoms with Crippen molar-refractivity contribution in [1.82, 2.24) is 0 Å². The van der Waals surface area contributed by atoms with Gasteiger partial charge in [0.2, 0.25) is 0 Å². The largest absolute Gasteiger partial charge is 0.466 e. The van der Waals surface area contributed by atoms with Crippen LogP contribution in [0.4, 0.5) is 0 Å². The predicted molar refractivity (Wildman–Crippen MR) is 72.7 cm³/mol. The lowest BCUT2D eigenvalue weighted by Crippen LogP contribution is -2.00. The molecule has 0 saturated heterocycles. The van der Waals surface area contributed by atoms with Crippen LogP contribution >= 0.6 is 0 Å². The molecule has 96 valence electrons. The minimum atomic E-state index is -0.271. The van der Waals surface area contributed by atoms with Crippen LogP contribution in [0.2, 0.25) is 0 Å². The van der Waals surface area contributed by atoms with Gasteiger partial charge < -0.3 is 4.74 Å². The van der Waals surface area contributed by atoms with Gasteiger partial charge in [0.05, 0.1) is 7.11 Å². The summed E-state index contributed by atoms with van der Waals surface area (Å²) in [6.07, 6.45) is 10.3. The minimum Gasteiger partial charge on any atom is -0.466 e. The van der Waals surface area contributed by atoms with Gasteiger partial charge in [0.1, 0.15) is 0 Å². The first-order valence-corrected chi connectivity index (χ1v) is 6.04. The zero-order valence-corrected chi connectivity index (χ0v) is 11.6. The number of methoxy groups -OCH3 is 1. The van der Waals surface area contributed by atoms with E-state index in [0.717, 1.165) is 12.8 Å². The number of allylic oxidation sites excluding steroid dienone is 5. The molecule has 0 aliphatic rings. The minimum absolute atomic E-state index is 0.271. The van der Waals surface area contributed by atoms with E-state index < -0.39 is 0 Å². The van der Waals surface area contributed by atoms with E-state index in [1.54, 1.807) is 13.0 Å². The van der Waals surface area contributed by atoms with Gasteiger partial charge in [-0.15, -0.1) is 0 Å². The third-order valence-corrected chi connectivity index (χ3v) is 2.47. The van der Waals surface area contributed by atoms with Crippen LogP contribution in [0, 0.1) is 5.92 Å². The summed E-state index contributed by atoms with van der Waals surface area (Å²) in [5.74, 6) is 0.249. The lowest BCUT2D eigenvalue weighted by molar-refractivity contribution is -0.136. The molecule has 0 heterocycles. The maximum atomic E-state index is 11.1. The summed E-state index contributed by atoms with van der Waals surface area (Å²) in [7, 11) is 1.39. The summed E-state index contributed by atoms with van der Waals surface area (Å²) in [6, 6.07) is 0. The third kappa shape index (κ3) is 8.49. The molecule has 2 heteroatoms. The number of hydrogen-bond donors (Lipinski definition) is 0. The SMILES string of the molecule is COC(=O)/C(C)=C/C=C/[C@H](C)CCC=C(C)C. The molecule has 0 unspecified atom stereocenters. The molecular weight excluding hydrogens is 212 g/mol. The van der Waals surface area contributed by atoms with E-state index in [1.165, 1.54) is 12.7 Å². The Balaban J connectivity index is 4.07. The first-order chi connectivity index (χ1) is 7.97. The Morgan fingerprint density at radius 1 is 1.29 bits per heavy atom. The van der Waals surface area contributed by atoms with E-state index in [-0.39, 0.29) is 5.97 Å². The number of ether oxygens (including phenoxy) is 1. The smallest absolute Gasteiger partial charge is 0.333 e. The molecule has 0 aromatic rings. The highest BCUT2D eigenvalue weighted by atomic mass is 16.5. The zero-order valence-electron chi connectivity index (χ0n) is 11.6. The molecular formula is C15H24O2. The van der Waals surface area contributed by atoms with Gasteiger partial charge in [0, 0.05) is 5.57 Å². The normalized spacial score (nSPS) is 13.6. The van der Waals surface area contributed by atoms with E-state index >= 15 is 0 Å². The molecule has 17 heavy (non-hydrogen) atoms. The molecule has 0 radical (unpaired) electrons. The van der Waals surface area contributed by atoms with Crippen LogP contribution in [0.15, 0.2) is 35.5 Å². The van der Waals surface area contributed by atoms with Crippen molar-refractivity contribution in [3.63, 3.8) is 0 Å². The number of carbonyl (C=O) groups excluding carboxylic acids is 1. The van der Waals surface area contributed by atoms with Crippen LogP contribution < -0.4 is 0 Å². The first-order valence-electron chi connectivity index (χ1n) is 6.04. The molecule has 0 rings (SSSR count). The zero-order chi connectivity index (χ0) is 13.3. The molecule has 0 spiro atoms. The van der Waals surface area contributed by atoms with Gasteiger partial charge in [-0.05, 0) is 39.5 Å². The maximum absolute atomic E-state index is 11.1. The monoisotopic (exact) mass is 236 g/mol. The summed E-state index contributed by atoms with van der Waals surface area (Å²) in [6.45, 7) is 8.16. The van der Waals surface area contributed by atoms with Crippen molar-refractivity contribution in [2.24, 2.45) is 5.92 Å². The summed E-state index contributed by atoms with van der Waals surface area (Å²) in [5, 5.41) is 0. The average molecular weight is 236 g/mol. The fraction of sp³-hybridized carbons (Fsp3) is 0.533. The van der Waals surface area contributed by atoms with E-state index in [1.807, 2.05) is 6.08 Å². The lowest BCUT2D eigenvalue weighted by atomic mass is 10.0. The molecule has 0 fully saturated rings. The summed E-state index contributed by atoms with van der Waals surface area (Å²) in [4.78, 5) is 11.1. The Bertz CT molecular complexity index is 318. The van der Waals surface area contributed by atoms with Crippen molar-refractivity contribution < 1.29 is 9.53 Å². The van der Waals surface area contributed by atoms with Gasteiger partial charge in [0.15, 0.2) is 0 Å². The van der Waals surface area contributed by atoms with Gasteiger partial charge in [-0.25, -0.2) is 4.79 Å². The molecule has 0 bridgehead atoms. The quantitative estimate of drug-likeness (QED) is 0.301. The predicted octanol–water partition coefficient (Wildman–Crippen LogP) is 4.04. The van der Waals surface area contributed by atoms with E-state index in [0.29, 0.717) is 11.5 Å². The van der Waals surface area contributed by atoms with E-state index in [4.69, 9.17) is 0 Å². The summed E-state index contributed by atoms with van der Waals surface area (Å²) in [5.41, 5.74) is 1.99. The van der Waals surface area contributed by atoms with Crippen molar-refractivity contribution in [3.05, 3.63) is 35.5 Å². The highest BCUT2D eigenvalue weighted by Gasteiger charge is 2.00. The highest BCUT2D eigenvalue weighted by Crippen LogP contribution is 2.09. The second kappa shape index (κ2) is 8.80. The standard InChI is InChI=1S/C15H24O2/c1-12(2)8-6-9-13(3)10-7-11-14(4)15(16)17-5/h7-8,10-11,13H,6,9H2,1-5H3/b10-7+,14-11+/t13-/m1/s1. The maximum Gasteiger partial charge on any atom is 0.333 e. The Hall–Kier alpha value is -1.31. The molecule has 2 nitrogen and oxygen atoms in total. The molecule has 0 saturated carbocycles. The van der Waals surface area contributed by atoms with Gasteiger partial charge in [-0.1, -0.05) is 36.8 Å². The van der Waals surface area contributed by atoms with Crippen molar-refractivity contribution in [3.8, 4) is 0 Å². The van der Waals surface area contributed by atoms with Crippen molar-refractivity contribution >= 4 is 5.97 Å². The molecule has 1 atom stereocenters. The Labute approximate surface area is 105 Å². The lowest BCUT2D eigenvalue weighted by Gasteiger charge is -2.03. The fourth-order valence-electron chi connectivity index (χ4n) is 1.35. The van der Waals surface area contributed by atoms with Gasteiger partial charge in [-0.3, -0.25) is 0 Å². The first kappa shape index (κ1) is 15.7. The summed E-state index contributed by atoms with van der Waals surface area (Å²) >= 11 is 0. The second-order valence-electron chi connectivity index (χ2n) is 4.56. The van der Waals surface area contributed by atoms with E-state index in [9.17, 15) is 4.79 Å². The molecule has 0 N–H and O–H groups in total. The van der Waals surface area contributed by atoms with Gasteiger partial charge in [0.25, 0.3) is 0 Å². The second-order valence-corrected chi connectivity index (χ2v) is 4.56. The third-order valence-electron chi connectivity index (χ3n) is 2.47. The van der Waals surface area contributed by atoms with E-state index in [2.05, 4.69) is 37.7 Å². The number of rotatable bonds is 6. The van der Waals surface area contributed by atoms with Crippen LogP contribution in [0.1, 0.15) is 40.5 Å². The van der Waals surface area contributed by atoms with Crippen molar-refractivity contribution in [2.45, 2.75) is 40.5 Å². The highest BCUT2D eigenvalue weighted by molar-refractivity contribution is 5.87. The van der Waals surface area contributed by atoms with Crippen LogP contribution in [0.3, 0.4) is 0 Å².